The van der Waals surface area contributed by atoms with Gasteiger partial charge in [0.05, 0.1) is 12.7 Å². The third-order valence-corrected chi connectivity index (χ3v) is 6.65. The van der Waals surface area contributed by atoms with Gasteiger partial charge in [-0.05, 0) is 19.3 Å². The Bertz CT molecular complexity index is 228. The topological polar surface area (TPSA) is 46.2 Å². The Balaban J connectivity index is 3.69. The maximum absolute atomic E-state index is 5.86. The van der Waals surface area contributed by atoms with Gasteiger partial charge in [-0.25, -0.2) is 0 Å². The number of rotatable bonds is 16. The summed E-state index contributed by atoms with van der Waals surface area (Å²) in [5.41, 5.74) is 0. The van der Waals surface area contributed by atoms with Crippen LogP contribution in [0.25, 0.3) is 0 Å². The van der Waals surface area contributed by atoms with E-state index in [9.17, 15) is 0 Å². The second kappa shape index (κ2) is 14.6. The van der Waals surface area contributed by atoms with Crippen molar-refractivity contribution in [1.29, 1.82) is 0 Å². The molecule has 22 heavy (non-hydrogen) atoms. The highest BCUT2D eigenvalue weighted by molar-refractivity contribution is 6.60. The van der Waals surface area contributed by atoms with E-state index in [0.717, 1.165) is 31.9 Å². The van der Waals surface area contributed by atoms with Gasteiger partial charge in [0.2, 0.25) is 0 Å². The van der Waals surface area contributed by atoms with Gasteiger partial charge in [-0.15, -0.1) is 0 Å². The zero-order valence-electron chi connectivity index (χ0n) is 15.2. The minimum absolute atomic E-state index is 0.205. The van der Waals surface area contributed by atoms with E-state index in [1.165, 1.54) is 19.3 Å². The highest BCUT2D eigenvalue weighted by Crippen LogP contribution is 2.15. The van der Waals surface area contributed by atoms with Crippen molar-refractivity contribution in [2.24, 2.45) is 0 Å². The molecule has 0 aliphatic heterocycles. The zero-order valence-corrected chi connectivity index (χ0v) is 16.2. The molecule has 6 heteroatoms. The van der Waals surface area contributed by atoms with Crippen molar-refractivity contribution in [3.63, 3.8) is 0 Å². The summed E-state index contributed by atoms with van der Waals surface area (Å²) in [5.74, 6) is 0. The molecular weight excluding hydrogens is 300 g/mol. The molecule has 0 bridgehead atoms. The lowest BCUT2D eigenvalue weighted by Gasteiger charge is -2.24. The molecule has 0 saturated carbocycles. The van der Waals surface area contributed by atoms with Crippen molar-refractivity contribution in [3.05, 3.63) is 0 Å². The molecule has 0 aromatic heterocycles. The third kappa shape index (κ3) is 9.92. The van der Waals surface area contributed by atoms with E-state index in [1.807, 2.05) is 0 Å². The largest absolute Gasteiger partial charge is 0.500 e. The average Bonchev–Trinajstić information content (AvgIpc) is 2.56. The number of ether oxygens (including phenoxy) is 2. The minimum Gasteiger partial charge on any atom is -0.379 e. The van der Waals surface area contributed by atoms with Crippen molar-refractivity contribution in [3.8, 4) is 0 Å². The highest BCUT2D eigenvalue weighted by Gasteiger charge is 2.36. The van der Waals surface area contributed by atoms with Crippen LogP contribution in [0.5, 0.6) is 0 Å². The fourth-order valence-electron chi connectivity index (χ4n) is 2.22. The van der Waals surface area contributed by atoms with Gasteiger partial charge in [-0.3, -0.25) is 0 Å². The number of hydrogen-bond donors (Lipinski definition) is 0. The van der Waals surface area contributed by atoms with Crippen molar-refractivity contribution < 1.29 is 22.8 Å². The van der Waals surface area contributed by atoms with E-state index in [4.69, 9.17) is 22.8 Å². The summed E-state index contributed by atoms with van der Waals surface area (Å²) in [7, 11) is 2.47. The maximum Gasteiger partial charge on any atom is 0.500 e. The molecule has 0 aliphatic rings. The van der Waals surface area contributed by atoms with E-state index in [2.05, 4.69) is 13.8 Å². The number of unbranched alkanes of at least 4 members (excludes halogenated alkanes) is 3. The molecule has 0 radical (unpaired) electrons. The molecule has 0 rings (SSSR count). The van der Waals surface area contributed by atoms with Crippen LogP contribution in [0.15, 0.2) is 0 Å². The Hall–Kier alpha value is 0.0169. The molecule has 0 aromatic carbocycles. The van der Waals surface area contributed by atoms with E-state index in [0.29, 0.717) is 13.2 Å². The average molecular weight is 337 g/mol. The van der Waals surface area contributed by atoms with Gasteiger partial charge in [0.1, 0.15) is 0 Å². The molecule has 0 N–H and O–H groups in total. The molecule has 0 fully saturated rings. The third-order valence-electron chi connectivity index (χ3n) is 3.82. The summed E-state index contributed by atoms with van der Waals surface area (Å²) in [6.07, 6.45) is 7.02. The summed E-state index contributed by atoms with van der Waals surface area (Å²) in [6, 6.07) is 0.769. The van der Waals surface area contributed by atoms with Crippen molar-refractivity contribution in [2.45, 2.75) is 64.5 Å². The molecule has 134 valence electrons. The van der Waals surface area contributed by atoms with Crippen LogP contribution in [-0.2, 0) is 22.8 Å². The van der Waals surface area contributed by atoms with Crippen molar-refractivity contribution in [1.82, 2.24) is 0 Å². The lowest BCUT2D eigenvalue weighted by Crippen LogP contribution is -2.42. The molecule has 1 unspecified atom stereocenters. The normalized spacial score (nSPS) is 13.5. The molecule has 0 amide bonds. The quantitative estimate of drug-likeness (QED) is 0.318. The van der Waals surface area contributed by atoms with Crippen molar-refractivity contribution in [2.75, 3.05) is 41.2 Å². The predicted molar refractivity (Wildman–Crippen MR) is 91.2 cm³/mol. The van der Waals surface area contributed by atoms with Crippen molar-refractivity contribution >= 4 is 8.80 Å². The minimum atomic E-state index is -2.45. The van der Waals surface area contributed by atoms with Crippen LogP contribution < -0.4 is 0 Å². The van der Waals surface area contributed by atoms with Crippen LogP contribution >= 0.6 is 0 Å². The van der Waals surface area contributed by atoms with Crippen LogP contribution in [0.2, 0.25) is 6.04 Å². The Labute approximate surface area is 138 Å². The Morgan fingerprint density at radius 1 is 0.818 bits per heavy atom. The first kappa shape index (κ1) is 22.0. The van der Waals surface area contributed by atoms with Gasteiger partial charge < -0.3 is 22.8 Å². The highest BCUT2D eigenvalue weighted by atomic mass is 28.4. The van der Waals surface area contributed by atoms with Gasteiger partial charge in [-0.1, -0.05) is 33.1 Å². The first-order valence-electron chi connectivity index (χ1n) is 8.52. The van der Waals surface area contributed by atoms with Gasteiger partial charge in [0, 0.05) is 40.6 Å². The summed E-state index contributed by atoms with van der Waals surface area (Å²) in [5, 5.41) is 0. The van der Waals surface area contributed by atoms with Gasteiger partial charge in [0.15, 0.2) is 0 Å². The molecule has 0 aliphatic carbocycles. The molecule has 5 nitrogen and oxygen atoms in total. The lowest BCUT2D eigenvalue weighted by molar-refractivity contribution is -0.0197. The Morgan fingerprint density at radius 3 is 2.05 bits per heavy atom. The Morgan fingerprint density at radius 2 is 1.50 bits per heavy atom. The smallest absolute Gasteiger partial charge is 0.379 e. The molecule has 0 saturated heterocycles. The Kier molecular flexibility index (Phi) is 14.6. The molecule has 0 aromatic rings. The van der Waals surface area contributed by atoms with Crippen LogP contribution in [0.4, 0.5) is 0 Å². The van der Waals surface area contributed by atoms with Crippen LogP contribution in [-0.4, -0.2) is 56.1 Å². The second-order valence-electron chi connectivity index (χ2n) is 5.44. The number of hydrogen-bond acceptors (Lipinski definition) is 5. The monoisotopic (exact) mass is 336 g/mol. The van der Waals surface area contributed by atoms with Gasteiger partial charge in [-0.2, -0.15) is 0 Å². The molecular formula is C16H36O5Si. The first-order valence-corrected chi connectivity index (χ1v) is 10.5. The summed E-state index contributed by atoms with van der Waals surface area (Å²) < 4.78 is 27.7. The second-order valence-corrected chi connectivity index (χ2v) is 8.53. The SMILES string of the molecule is CCCCCCOC(CC)COCCC[Si](OC)(OC)OC. The lowest BCUT2D eigenvalue weighted by atomic mass is 10.2. The summed E-state index contributed by atoms with van der Waals surface area (Å²) in [6.45, 7) is 6.54. The van der Waals surface area contributed by atoms with Crippen LogP contribution in [0.3, 0.4) is 0 Å². The van der Waals surface area contributed by atoms with Crippen LogP contribution in [0.1, 0.15) is 52.4 Å². The van der Waals surface area contributed by atoms with Gasteiger partial charge in [0.25, 0.3) is 0 Å². The predicted octanol–water partition coefficient (Wildman–Crippen LogP) is 3.65. The summed E-state index contributed by atoms with van der Waals surface area (Å²) in [4.78, 5) is 0. The molecule has 0 heterocycles. The fraction of sp³-hybridized carbons (Fsp3) is 1.00. The van der Waals surface area contributed by atoms with Gasteiger partial charge >= 0.3 is 8.80 Å². The molecule has 1 atom stereocenters. The first-order chi connectivity index (χ1) is 10.7. The van der Waals surface area contributed by atoms with Crippen LogP contribution in [0, 0.1) is 0 Å². The standard InChI is InChI=1S/C16H36O5Si/c1-6-8-9-10-13-21-16(7-2)15-20-12-11-14-22(17-3,18-4)19-5/h16H,6-15H2,1-5H3. The van der Waals surface area contributed by atoms with E-state index < -0.39 is 8.80 Å². The van der Waals surface area contributed by atoms with E-state index in [1.54, 1.807) is 21.3 Å². The fourth-order valence-corrected chi connectivity index (χ4v) is 3.91. The summed E-state index contributed by atoms with van der Waals surface area (Å²) >= 11 is 0. The molecule has 0 spiro atoms. The maximum atomic E-state index is 5.86. The van der Waals surface area contributed by atoms with E-state index in [-0.39, 0.29) is 6.10 Å². The zero-order chi connectivity index (χ0) is 16.7. The van der Waals surface area contributed by atoms with E-state index >= 15 is 0 Å².